The first-order valence-electron chi connectivity index (χ1n) is 7.27. The van der Waals surface area contributed by atoms with E-state index in [1.807, 2.05) is 0 Å². The number of rotatable bonds is 3. The second-order valence-electron chi connectivity index (χ2n) is 5.77. The van der Waals surface area contributed by atoms with Gasteiger partial charge in [-0.05, 0) is 44.4 Å². The number of carboxylic acids is 1. The Morgan fingerprint density at radius 3 is 3.00 bits per heavy atom. The molecule has 3 rings (SSSR count). The van der Waals surface area contributed by atoms with Crippen LogP contribution in [0.5, 0.6) is 0 Å². The number of hydrogen-bond donors (Lipinski definition) is 3. The molecule has 2 aliphatic rings. The lowest BCUT2D eigenvalue weighted by molar-refractivity contribution is 0.0698. The van der Waals surface area contributed by atoms with E-state index in [1.165, 1.54) is 19.4 Å². The van der Waals surface area contributed by atoms with Crippen molar-refractivity contribution in [3.8, 4) is 0 Å². The molecule has 4 N–H and O–H groups in total. The molecule has 0 amide bonds. The lowest BCUT2D eigenvalue weighted by Gasteiger charge is -2.36. The third kappa shape index (κ3) is 2.45. The fraction of sp³-hybridized carbons (Fsp3) is 0.533. The number of aromatic carboxylic acids is 1. The molecule has 2 fully saturated rings. The summed E-state index contributed by atoms with van der Waals surface area (Å²) in [5, 5.41) is 12.6. The summed E-state index contributed by atoms with van der Waals surface area (Å²) in [6.45, 7) is 2.31. The summed E-state index contributed by atoms with van der Waals surface area (Å²) in [5.41, 5.74) is 7.30. The van der Waals surface area contributed by atoms with E-state index < -0.39 is 5.97 Å². The van der Waals surface area contributed by atoms with Gasteiger partial charge in [0.05, 0.1) is 16.9 Å². The third-order valence-corrected chi connectivity index (χ3v) is 4.50. The minimum absolute atomic E-state index is 0.263. The smallest absolute Gasteiger partial charge is 0.337 e. The largest absolute Gasteiger partial charge is 0.478 e. The zero-order chi connectivity index (χ0) is 14.1. The van der Waals surface area contributed by atoms with Crippen LogP contribution in [-0.4, -0.2) is 41.1 Å². The Morgan fingerprint density at radius 1 is 1.35 bits per heavy atom. The van der Waals surface area contributed by atoms with Crippen LogP contribution in [0.4, 0.5) is 11.4 Å². The van der Waals surface area contributed by atoms with Gasteiger partial charge < -0.3 is 21.1 Å². The summed E-state index contributed by atoms with van der Waals surface area (Å²) in [5.74, 6) is -0.932. The number of nitrogens with one attached hydrogen (secondary N) is 1. The van der Waals surface area contributed by atoms with E-state index in [4.69, 9.17) is 5.73 Å². The number of para-hydroxylation sites is 1. The maximum absolute atomic E-state index is 11.3. The molecule has 5 nitrogen and oxygen atoms in total. The number of anilines is 2. The Labute approximate surface area is 118 Å². The summed E-state index contributed by atoms with van der Waals surface area (Å²) < 4.78 is 0. The van der Waals surface area contributed by atoms with E-state index in [1.54, 1.807) is 18.2 Å². The highest BCUT2D eigenvalue weighted by atomic mass is 16.4. The minimum Gasteiger partial charge on any atom is -0.478 e. The van der Waals surface area contributed by atoms with Gasteiger partial charge in [-0.1, -0.05) is 6.07 Å². The van der Waals surface area contributed by atoms with Gasteiger partial charge in [-0.2, -0.15) is 0 Å². The highest BCUT2D eigenvalue weighted by molar-refractivity contribution is 5.97. The molecule has 0 aromatic heterocycles. The number of piperidine rings is 1. The highest BCUT2D eigenvalue weighted by Crippen LogP contribution is 2.31. The number of benzene rings is 1. The predicted molar refractivity (Wildman–Crippen MR) is 79.1 cm³/mol. The fourth-order valence-corrected chi connectivity index (χ4v) is 3.47. The van der Waals surface area contributed by atoms with Crippen LogP contribution in [0.3, 0.4) is 0 Å². The van der Waals surface area contributed by atoms with E-state index in [9.17, 15) is 9.90 Å². The first kappa shape index (κ1) is 13.2. The Kier molecular flexibility index (Phi) is 3.53. The molecule has 20 heavy (non-hydrogen) atoms. The molecule has 0 aliphatic carbocycles. The van der Waals surface area contributed by atoms with Crippen LogP contribution in [0, 0.1) is 0 Å². The van der Waals surface area contributed by atoms with Gasteiger partial charge in [0.25, 0.3) is 0 Å². The van der Waals surface area contributed by atoms with Crippen LogP contribution in [0.1, 0.15) is 36.0 Å². The van der Waals surface area contributed by atoms with E-state index in [-0.39, 0.29) is 5.56 Å². The SMILES string of the molecule is Nc1cccc(C(=O)O)c1NC1CCN2CCCC2C1. The lowest BCUT2D eigenvalue weighted by Crippen LogP contribution is -2.43. The van der Waals surface area contributed by atoms with Gasteiger partial charge in [-0.3, -0.25) is 0 Å². The normalized spacial score (nSPS) is 26.2. The first-order chi connectivity index (χ1) is 9.65. The van der Waals surface area contributed by atoms with Crippen LogP contribution in [-0.2, 0) is 0 Å². The average molecular weight is 275 g/mol. The van der Waals surface area contributed by atoms with Gasteiger partial charge in [0, 0.05) is 18.6 Å². The van der Waals surface area contributed by atoms with Gasteiger partial charge in [0.2, 0.25) is 0 Å². The third-order valence-electron chi connectivity index (χ3n) is 4.50. The molecule has 2 atom stereocenters. The van der Waals surface area contributed by atoms with Gasteiger partial charge in [0.15, 0.2) is 0 Å². The second kappa shape index (κ2) is 5.32. The van der Waals surface area contributed by atoms with Crippen molar-refractivity contribution in [2.45, 2.75) is 37.8 Å². The molecular formula is C15H21N3O2. The number of carboxylic acid groups (broad SMARTS) is 1. The first-order valence-corrected chi connectivity index (χ1v) is 7.27. The van der Waals surface area contributed by atoms with E-state index in [0.717, 1.165) is 19.4 Å². The Bertz CT molecular complexity index is 518. The predicted octanol–water partition coefficient (Wildman–Crippen LogP) is 2.01. The van der Waals surface area contributed by atoms with E-state index in [0.29, 0.717) is 23.5 Å². The van der Waals surface area contributed by atoms with Gasteiger partial charge in [0.1, 0.15) is 0 Å². The topological polar surface area (TPSA) is 78.6 Å². The van der Waals surface area contributed by atoms with Gasteiger partial charge in [-0.25, -0.2) is 4.79 Å². The molecule has 2 unspecified atom stereocenters. The maximum Gasteiger partial charge on any atom is 0.337 e. The summed E-state index contributed by atoms with van der Waals surface area (Å²) >= 11 is 0. The fourth-order valence-electron chi connectivity index (χ4n) is 3.47. The van der Waals surface area contributed by atoms with E-state index in [2.05, 4.69) is 10.2 Å². The van der Waals surface area contributed by atoms with E-state index >= 15 is 0 Å². The molecular weight excluding hydrogens is 254 g/mol. The molecule has 0 radical (unpaired) electrons. The van der Waals surface area contributed by atoms with Crippen molar-refractivity contribution in [2.75, 3.05) is 24.1 Å². The second-order valence-corrected chi connectivity index (χ2v) is 5.77. The molecule has 0 saturated carbocycles. The van der Waals surface area contributed by atoms with Crippen molar-refractivity contribution < 1.29 is 9.90 Å². The van der Waals surface area contributed by atoms with Crippen LogP contribution >= 0.6 is 0 Å². The van der Waals surface area contributed by atoms with Gasteiger partial charge >= 0.3 is 5.97 Å². The standard InChI is InChI=1S/C15H21N3O2/c16-13-5-1-4-12(15(19)20)14(13)17-10-6-8-18-7-2-3-11(18)9-10/h1,4-5,10-11,17H,2-3,6-9,16H2,(H,19,20). The minimum atomic E-state index is -0.932. The Balaban J connectivity index is 1.76. The van der Waals surface area contributed by atoms with Crippen molar-refractivity contribution in [1.29, 1.82) is 0 Å². The quantitative estimate of drug-likeness (QED) is 0.735. The maximum atomic E-state index is 11.3. The molecule has 2 saturated heterocycles. The number of nitrogen functional groups attached to an aromatic ring is 1. The molecule has 2 heterocycles. The number of fused-ring (bicyclic) bond motifs is 1. The van der Waals surface area contributed by atoms with Crippen LogP contribution < -0.4 is 11.1 Å². The summed E-state index contributed by atoms with van der Waals surface area (Å²) in [7, 11) is 0. The lowest BCUT2D eigenvalue weighted by atomic mass is 9.96. The zero-order valence-corrected chi connectivity index (χ0v) is 11.5. The number of nitrogens with zero attached hydrogens (tertiary/aromatic N) is 1. The van der Waals surface area contributed by atoms with Crippen LogP contribution in [0.15, 0.2) is 18.2 Å². The molecule has 108 valence electrons. The van der Waals surface area contributed by atoms with Crippen LogP contribution in [0.2, 0.25) is 0 Å². The zero-order valence-electron chi connectivity index (χ0n) is 11.5. The molecule has 1 aromatic rings. The number of nitrogens with two attached hydrogens (primary N) is 1. The van der Waals surface area contributed by atoms with Crippen LogP contribution in [0.25, 0.3) is 0 Å². The number of carbonyl (C=O) groups is 1. The Hall–Kier alpha value is -1.75. The molecule has 1 aromatic carbocycles. The number of hydrogen-bond acceptors (Lipinski definition) is 4. The van der Waals surface area contributed by atoms with Crippen molar-refractivity contribution in [3.05, 3.63) is 23.8 Å². The summed E-state index contributed by atoms with van der Waals surface area (Å²) in [4.78, 5) is 13.8. The van der Waals surface area contributed by atoms with Gasteiger partial charge in [-0.15, -0.1) is 0 Å². The van der Waals surface area contributed by atoms with Crippen molar-refractivity contribution in [1.82, 2.24) is 4.90 Å². The monoisotopic (exact) mass is 275 g/mol. The average Bonchev–Trinajstić information content (AvgIpc) is 2.88. The molecule has 0 bridgehead atoms. The van der Waals surface area contributed by atoms with Crippen molar-refractivity contribution in [2.24, 2.45) is 0 Å². The van der Waals surface area contributed by atoms with Crippen molar-refractivity contribution in [3.63, 3.8) is 0 Å². The molecule has 5 heteroatoms. The van der Waals surface area contributed by atoms with Crippen molar-refractivity contribution >= 4 is 17.3 Å². The molecule has 2 aliphatic heterocycles. The summed E-state index contributed by atoms with van der Waals surface area (Å²) in [6.07, 6.45) is 4.66. The highest BCUT2D eigenvalue weighted by Gasteiger charge is 2.32. The summed E-state index contributed by atoms with van der Waals surface area (Å²) in [6, 6.07) is 6.01. The Morgan fingerprint density at radius 2 is 2.20 bits per heavy atom. The molecule has 0 spiro atoms.